The number of hydrogen-bond donors (Lipinski definition) is 1. The Morgan fingerprint density at radius 2 is 1.63 bits per heavy atom. The van der Waals surface area contributed by atoms with E-state index in [1.54, 1.807) is 31.4 Å². The number of methoxy groups -OCH3 is 1. The van der Waals surface area contributed by atoms with E-state index in [0.717, 1.165) is 5.56 Å². The van der Waals surface area contributed by atoms with Crippen molar-refractivity contribution in [1.29, 1.82) is 0 Å². The molecule has 38 heavy (non-hydrogen) atoms. The summed E-state index contributed by atoms with van der Waals surface area (Å²) in [5.41, 5.74) is 1.54. The van der Waals surface area contributed by atoms with Gasteiger partial charge in [0.1, 0.15) is 17.5 Å². The lowest BCUT2D eigenvalue weighted by Crippen LogP contribution is -2.45. The van der Waals surface area contributed by atoms with Crippen LogP contribution in [-0.4, -0.2) is 49.7 Å². The minimum absolute atomic E-state index is 0.124. The van der Waals surface area contributed by atoms with Gasteiger partial charge in [-0.15, -0.1) is 0 Å². The molecule has 0 saturated heterocycles. The molecule has 0 bridgehead atoms. The largest absolute Gasteiger partial charge is 0.497 e. The van der Waals surface area contributed by atoms with Crippen LogP contribution in [0.1, 0.15) is 37.4 Å². The molecule has 0 saturated carbocycles. The van der Waals surface area contributed by atoms with Gasteiger partial charge in [0, 0.05) is 19.7 Å². The van der Waals surface area contributed by atoms with E-state index in [9.17, 15) is 9.59 Å². The molecule has 1 N–H and O–H groups in total. The summed E-state index contributed by atoms with van der Waals surface area (Å²) in [5, 5.41) is 3.39. The number of rotatable bonds is 14. The van der Waals surface area contributed by atoms with E-state index in [2.05, 4.69) is 5.32 Å². The topological polar surface area (TPSA) is 77.1 Å². The van der Waals surface area contributed by atoms with Gasteiger partial charge in [-0.25, -0.2) is 0 Å². The van der Waals surface area contributed by atoms with Crippen molar-refractivity contribution in [3.63, 3.8) is 0 Å². The molecule has 3 aromatic rings. The van der Waals surface area contributed by atoms with Gasteiger partial charge >= 0.3 is 0 Å². The minimum Gasteiger partial charge on any atom is -0.497 e. The molecule has 0 radical (unpaired) electrons. The van der Waals surface area contributed by atoms with Crippen LogP contribution in [0.4, 0.5) is 0 Å². The highest BCUT2D eigenvalue weighted by atomic mass is 35.5. The van der Waals surface area contributed by atoms with Crippen molar-refractivity contribution in [2.75, 3.05) is 26.9 Å². The number of ether oxygens (including phenoxy) is 3. The maximum absolute atomic E-state index is 13.7. The fourth-order valence-electron chi connectivity index (χ4n) is 3.84. The summed E-state index contributed by atoms with van der Waals surface area (Å²) >= 11 is 6.22. The number of carbonyl (C=O) groups excluding carboxylic acids is 2. The van der Waals surface area contributed by atoms with Crippen molar-refractivity contribution >= 4 is 23.4 Å². The zero-order valence-corrected chi connectivity index (χ0v) is 22.8. The van der Waals surface area contributed by atoms with Crippen molar-refractivity contribution in [1.82, 2.24) is 10.2 Å². The van der Waals surface area contributed by atoms with Gasteiger partial charge < -0.3 is 24.4 Å². The zero-order chi connectivity index (χ0) is 27.3. The number of halogens is 1. The van der Waals surface area contributed by atoms with E-state index < -0.39 is 6.04 Å². The van der Waals surface area contributed by atoms with Crippen LogP contribution < -0.4 is 14.8 Å². The van der Waals surface area contributed by atoms with Gasteiger partial charge in [-0.05, 0) is 55.7 Å². The molecule has 3 aromatic carbocycles. The van der Waals surface area contributed by atoms with E-state index >= 15 is 0 Å². The first kappa shape index (κ1) is 29.0. The Bertz CT molecular complexity index is 1150. The average Bonchev–Trinajstić information content (AvgIpc) is 2.92. The fourth-order valence-corrected chi connectivity index (χ4v) is 4.03. The molecule has 0 aliphatic heterocycles. The average molecular weight is 539 g/mol. The standard InChI is InChI=1S/C30H35ClN2O5/c1-22(2)37-19-9-18-32-30(35)29(24-10-5-4-6-11-24)33(20-23-14-16-25(36-3)17-15-23)28(34)21-38-27-13-8-7-12-26(27)31/h4-8,10-17,22,29H,9,18-21H2,1-3H3,(H,32,35)/t29-/m0/s1. The third kappa shape index (κ3) is 8.78. The van der Waals surface area contributed by atoms with Crippen molar-refractivity contribution in [3.05, 3.63) is 95.0 Å². The van der Waals surface area contributed by atoms with Crippen molar-refractivity contribution in [3.8, 4) is 11.5 Å². The van der Waals surface area contributed by atoms with Crippen LogP contribution >= 0.6 is 11.6 Å². The van der Waals surface area contributed by atoms with Gasteiger partial charge in [-0.3, -0.25) is 9.59 Å². The molecular formula is C30H35ClN2O5. The summed E-state index contributed by atoms with van der Waals surface area (Å²) in [5.74, 6) is 0.473. The molecule has 0 spiro atoms. The second-order valence-corrected chi connectivity index (χ2v) is 9.37. The number of benzene rings is 3. The maximum Gasteiger partial charge on any atom is 0.261 e. The predicted molar refractivity (Wildman–Crippen MR) is 148 cm³/mol. The van der Waals surface area contributed by atoms with E-state index in [-0.39, 0.29) is 31.1 Å². The van der Waals surface area contributed by atoms with Crippen LogP contribution in [0.5, 0.6) is 11.5 Å². The number of para-hydroxylation sites is 1. The molecule has 0 fully saturated rings. The Labute approximate surface area is 229 Å². The molecule has 202 valence electrons. The SMILES string of the molecule is COc1ccc(CN(C(=O)COc2ccccc2Cl)[C@H](C(=O)NCCCOC(C)C)c2ccccc2)cc1. The van der Waals surface area contributed by atoms with E-state index in [1.807, 2.05) is 68.4 Å². The lowest BCUT2D eigenvalue weighted by atomic mass is 10.0. The van der Waals surface area contributed by atoms with Crippen LogP contribution in [-0.2, 0) is 20.9 Å². The normalized spacial score (nSPS) is 11.6. The van der Waals surface area contributed by atoms with E-state index in [0.29, 0.717) is 41.7 Å². The zero-order valence-electron chi connectivity index (χ0n) is 22.1. The van der Waals surface area contributed by atoms with Gasteiger partial charge in [0.25, 0.3) is 5.91 Å². The van der Waals surface area contributed by atoms with Crippen molar-refractivity contribution < 1.29 is 23.8 Å². The summed E-state index contributed by atoms with van der Waals surface area (Å²) < 4.78 is 16.6. The molecule has 2 amide bonds. The Hall–Kier alpha value is -3.55. The van der Waals surface area contributed by atoms with Gasteiger partial charge in [0.15, 0.2) is 6.61 Å². The fraction of sp³-hybridized carbons (Fsp3) is 0.333. The molecule has 0 unspecified atom stereocenters. The molecular weight excluding hydrogens is 504 g/mol. The Morgan fingerprint density at radius 3 is 2.29 bits per heavy atom. The molecule has 3 rings (SSSR count). The summed E-state index contributed by atoms with van der Waals surface area (Å²) in [6.45, 7) is 4.81. The predicted octanol–water partition coefficient (Wildman–Crippen LogP) is 5.43. The lowest BCUT2D eigenvalue weighted by molar-refractivity contribution is -0.143. The highest BCUT2D eigenvalue weighted by Gasteiger charge is 2.31. The van der Waals surface area contributed by atoms with Crippen LogP contribution in [0.15, 0.2) is 78.9 Å². The second kappa shape index (κ2) is 15.0. The molecule has 0 aliphatic carbocycles. The number of nitrogens with zero attached hydrogens (tertiary/aromatic N) is 1. The van der Waals surface area contributed by atoms with E-state index in [1.165, 1.54) is 4.90 Å². The van der Waals surface area contributed by atoms with Gasteiger partial charge in [-0.2, -0.15) is 0 Å². The first-order chi connectivity index (χ1) is 18.4. The molecule has 8 heteroatoms. The minimum atomic E-state index is -0.869. The number of carbonyl (C=O) groups is 2. The summed E-state index contributed by atoms with van der Waals surface area (Å²) in [7, 11) is 1.60. The quantitative estimate of drug-likeness (QED) is 0.277. The first-order valence-corrected chi connectivity index (χ1v) is 13.0. The molecule has 0 aromatic heterocycles. The highest BCUT2D eigenvalue weighted by Crippen LogP contribution is 2.27. The van der Waals surface area contributed by atoms with Crippen molar-refractivity contribution in [2.45, 2.75) is 39.0 Å². The van der Waals surface area contributed by atoms with Gasteiger partial charge in [-0.1, -0.05) is 66.2 Å². The second-order valence-electron chi connectivity index (χ2n) is 8.97. The summed E-state index contributed by atoms with van der Waals surface area (Å²) in [4.78, 5) is 28.8. The molecule has 0 aliphatic rings. The number of amides is 2. The number of hydrogen-bond acceptors (Lipinski definition) is 5. The first-order valence-electron chi connectivity index (χ1n) is 12.6. The van der Waals surface area contributed by atoms with Gasteiger partial charge in [0.05, 0.1) is 18.2 Å². The Kier molecular flexibility index (Phi) is 11.5. The van der Waals surface area contributed by atoms with Crippen LogP contribution in [0, 0.1) is 0 Å². The smallest absolute Gasteiger partial charge is 0.261 e. The van der Waals surface area contributed by atoms with Crippen LogP contribution in [0.25, 0.3) is 0 Å². The van der Waals surface area contributed by atoms with Crippen LogP contribution in [0.3, 0.4) is 0 Å². The number of nitrogens with one attached hydrogen (secondary N) is 1. The molecule has 0 heterocycles. The maximum atomic E-state index is 13.7. The summed E-state index contributed by atoms with van der Waals surface area (Å²) in [6, 6.07) is 22.7. The monoisotopic (exact) mass is 538 g/mol. The third-order valence-corrected chi connectivity index (χ3v) is 6.08. The van der Waals surface area contributed by atoms with E-state index in [4.69, 9.17) is 25.8 Å². The Morgan fingerprint density at radius 1 is 0.947 bits per heavy atom. The summed E-state index contributed by atoms with van der Waals surface area (Å²) in [6.07, 6.45) is 0.784. The Balaban J connectivity index is 1.86. The third-order valence-electron chi connectivity index (χ3n) is 5.77. The van der Waals surface area contributed by atoms with Crippen LogP contribution in [0.2, 0.25) is 5.02 Å². The highest BCUT2D eigenvalue weighted by molar-refractivity contribution is 6.32. The van der Waals surface area contributed by atoms with Gasteiger partial charge in [0.2, 0.25) is 5.91 Å². The molecule has 1 atom stereocenters. The molecule has 7 nitrogen and oxygen atoms in total. The van der Waals surface area contributed by atoms with Crippen molar-refractivity contribution in [2.24, 2.45) is 0 Å². The lowest BCUT2D eigenvalue weighted by Gasteiger charge is -2.31.